The largest absolute Gasteiger partial charge is 0.385 e. The molecule has 138 valence electrons. The van der Waals surface area contributed by atoms with Crippen LogP contribution < -0.4 is 0 Å². The van der Waals surface area contributed by atoms with Crippen LogP contribution in [0.15, 0.2) is 36.7 Å². The standard InChI is InChI=1S/C21H26FN3O/c1-14(2)20-23-11-15(12-24-20)13-25-18-6-7-19(25)10-21(26,9-18)16-4-3-5-17(22)8-16/h3-5,8,11-12,14,18-19,26H,6-7,9-10,13H2,1-2H3/t18-,19+,21?. The number of aromatic nitrogens is 2. The minimum atomic E-state index is -0.928. The fourth-order valence-electron chi connectivity index (χ4n) is 4.54. The van der Waals surface area contributed by atoms with Gasteiger partial charge in [-0.15, -0.1) is 0 Å². The van der Waals surface area contributed by atoms with Crippen molar-refractivity contribution in [3.63, 3.8) is 0 Å². The molecule has 0 saturated carbocycles. The molecule has 0 radical (unpaired) electrons. The van der Waals surface area contributed by atoms with E-state index in [4.69, 9.17) is 0 Å². The highest BCUT2D eigenvalue weighted by Crippen LogP contribution is 2.46. The van der Waals surface area contributed by atoms with Gasteiger partial charge < -0.3 is 5.11 Å². The first kappa shape index (κ1) is 17.6. The third kappa shape index (κ3) is 3.26. The van der Waals surface area contributed by atoms with Crippen LogP contribution in [0.25, 0.3) is 0 Å². The van der Waals surface area contributed by atoms with Crippen LogP contribution in [-0.2, 0) is 12.1 Å². The molecule has 2 aromatic rings. The van der Waals surface area contributed by atoms with Crippen molar-refractivity contribution in [1.29, 1.82) is 0 Å². The monoisotopic (exact) mass is 355 g/mol. The summed E-state index contributed by atoms with van der Waals surface area (Å²) in [4.78, 5) is 11.4. The molecule has 2 aliphatic rings. The lowest BCUT2D eigenvalue weighted by Gasteiger charge is -2.44. The molecule has 0 amide bonds. The number of nitrogens with zero attached hydrogens (tertiary/aromatic N) is 3. The molecule has 2 saturated heterocycles. The maximum absolute atomic E-state index is 13.6. The molecule has 2 aliphatic heterocycles. The van der Waals surface area contributed by atoms with Crippen LogP contribution in [-0.4, -0.2) is 32.1 Å². The van der Waals surface area contributed by atoms with E-state index in [1.807, 2.05) is 18.5 Å². The van der Waals surface area contributed by atoms with E-state index < -0.39 is 5.60 Å². The van der Waals surface area contributed by atoms with Crippen molar-refractivity contribution in [1.82, 2.24) is 14.9 Å². The molecule has 4 nitrogen and oxygen atoms in total. The molecular weight excluding hydrogens is 329 g/mol. The number of halogens is 1. The summed E-state index contributed by atoms with van der Waals surface area (Å²) in [5.74, 6) is 0.917. The molecule has 3 heterocycles. The summed E-state index contributed by atoms with van der Waals surface area (Å²) in [7, 11) is 0. The Morgan fingerprint density at radius 2 is 1.85 bits per heavy atom. The van der Waals surface area contributed by atoms with Crippen LogP contribution >= 0.6 is 0 Å². The molecule has 2 fully saturated rings. The van der Waals surface area contributed by atoms with E-state index in [1.54, 1.807) is 6.07 Å². The van der Waals surface area contributed by atoms with Crippen molar-refractivity contribution in [2.24, 2.45) is 0 Å². The number of hydrogen-bond acceptors (Lipinski definition) is 4. The molecule has 1 aromatic carbocycles. The lowest BCUT2D eigenvalue weighted by atomic mass is 9.80. The van der Waals surface area contributed by atoms with Crippen molar-refractivity contribution < 1.29 is 9.50 Å². The summed E-state index contributed by atoms with van der Waals surface area (Å²) in [6.07, 6.45) is 7.31. The van der Waals surface area contributed by atoms with E-state index in [1.165, 1.54) is 12.1 Å². The Labute approximate surface area is 154 Å². The Morgan fingerprint density at radius 1 is 1.19 bits per heavy atom. The van der Waals surface area contributed by atoms with E-state index in [0.717, 1.165) is 30.8 Å². The zero-order chi connectivity index (χ0) is 18.3. The average Bonchev–Trinajstić information content (AvgIpc) is 2.86. The summed E-state index contributed by atoms with van der Waals surface area (Å²) >= 11 is 0. The molecule has 1 unspecified atom stereocenters. The third-order valence-electron chi connectivity index (χ3n) is 5.89. The molecule has 0 aliphatic carbocycles. The normalized spacial score (nSPS) is 28.7. The highest BCUT2D eigenvalue weighted by molar-refractivity contribution is 5.26. The molecule has 0 spiro atoms. The highest BCUT2D eigenvalue weighted by atomic mass is 19.1. The van der Waals surface area contributed by atoms with Crippen molar-refractivity contribution in [2.75, 3.05) is 0 Å². The van der Waals surface area contributed by atoms with Crippen molar-refractivity contribution in [3.8, 4) is 0 Å². The summed E-state index contributed by atoms with van der Waals surface area (Å²) in [5.41, 5.74) is 0.892. The maximum Gasteiger partial charge on any atom is 0.130 e. The van der Waals surface area contributed by atoms with E-state index in [2.05, 4.69) is 28.7 Å². The molecule has 1 N–H and O–H groups in total. The summed E-state index contributed by atoms with van der Waals surface area (Å²) < 4.78 is 13.6. The number of hydrogen-bond donors (Lipinski definition) is 1. The number of aliphatic hydroxyl groups is 1. The smallest absolute Gasteiger partial charge is 0.130 e. The van der Waals surface area contributed by atoms with Crippen LogP contribution in [0.1, 0.15) is 62.4 Å². The SMILES string of the molecule is CC(C)c1ncc(CN2[C@@H]3CC[C@H]2CC(O)(c2cccc(F)c2)C3)cn1. The van der Waals surface area contributed by atoms with Gasteiger partial charge in [0.25, 0.3) is 0 Å². The van der Waals surface area contributed by atoms with Crippen LogP contribution in [0.3, 0.4) is 0 Å². The molecule has 3 atom stereocenters. The second-order valence-electron chi connectivity index (χ2n) is 8.11. The van der Waals surface area contributed by atoms with Gasteiger partial charge in [-0.25, -0.2) is 14.4 Å². The summed E-state index contributed by atoms with van der Waals surface area (Å²) in [6.45, 7) is 4.99. The minimum absolute atomic E-state index is 0.284. The van der Waals surface area contributed by atoms with Crippen LogP contribution in [0.5, 0.6) is 0 Å². The predicted molar refractivity (Wildman–Crippen MR) is 98.0 cm³/mol. The molecule has 1 aromatic heterocycles. The lowest BCUT2D eigenvalue weighted by molar-refractivity contribution is -0.0597. The van der Waals surface area contributed by atoms with Gasteiger partial charge in [-0.2, -0.15) is 0 Å². The van der Waals surface area contributed by atoms with E-state index in [0.29, 0.717) is 36.4 Å². The van der Waals surface area contributed by atoms with Gasteiger partial charge in [0.05, 0.1) is 5.60 Å². The predicted octanol–water partition coefficient (Wildman–Crippen LogP) is 3.75. The Balaban J connectivity index is 1.50. The van der Waals surface area contributed by atoms with Gasteiger partial charge >= 0.3 is 0 Å². The number of piperidine rings is 1. The molecule has 4 rings (SSSR count). The molecule has 5 heteroatoms. The second-order valence-corrected chi connectivity index (χ2v) is 8.11. The minimum Gasteiger partial charge on any atom is -0.385 e. The average molecular weight is 355 g/mol. The number of fused-ring (bicyclic) bond motifs is 2. The van der Waals surface area contributed by atoms with Crippen molar-refractivity contribution in [3.05, 3.63) is 59.4 Å². The van der Waals surface area contributed by atoms with Crippen molar-refractivity contribution >= 4 is 0 Å². The number of rotatable bonds is 4. The van der Waals surface area contributed by atoms with Crippen LogP contribution in [0.2, 0.25) is 0 Å². The first-order valence-corrected chi connectivity index (χ1v) is 9.49. The molecular formula is C21H26FN3O. The fraction of sp³-hybridized carbons (Fsp3) is 0.524. The molecule has 26 heavy (non-hydrogen) atoms. The van der Waals surface area contributed by atoms with E-state index in [-0.39, 0.29) is 5.82 Å². The van der Waals surface area contributed by atoms with Gasteiger partial charge in [0.2, 0.25) is 0 Å². The first-order valence-electron chi connectivity index (χ1n) is 9.49. The van der Waals surface area contributed by atoms with Gasteiger partial charge in [-0.05, 0) is 43.4 Å². The summed E-state index contributed by atoms with van der Waals surface area (Å²) in [5, 5.41) is 11.2. The highest BCUT2D eigenvalue weighted by Gasteiger charge is 2.48. The maximum atomic E-state index is 13.6. The zero-order valence-electron chi connectivity index (χ0n) is 15.4. The Kier molecular flexibility index (Phi) is 4.53. The third-order valence-corrected chi connectivity index (χ3v) is 5.89. The van der Waals surface area contributed by atoms with Gasteiger partial charge in [0, 0.05) is 42.5 Å². The van der Waals surface area contributed by atoms with Gasteiger partial charge in [0.15, 0.2) is 0 Å². The Hall–Kier alpha value is -1.85. The summed E-state index contributed by atoms with van der Waals surface area (Å²) in [6, 6.07) is 7.06. The zero-order valence-corrected chi connectivity index (χ0v) is 15.4. The van der Waals surface area contributed by atoms with Gasteiger partial charge in [0.1, 0.15) is 11.6 Å². The van der Waals surface area contributed by atoms with Gasteiger partial charge in [-0.3, -0.25) is 4.90 Å². The number of benzene rings is 1. The Morgan fingerprint density at radius 3 is 2.42 bits per heavy atom. The fourth-order valence-corrected chi connectivity index (χ4v) is 4.54. The van der Waals surface area contributed by atoms with Crippen LogP contribution in [0, 0.1) is 5.82 Å². The quantitative estimate of drug-likeness (QED) is 0.907. The first-order chi connectivity index (χ1) is 12.4. The Bertz CT molecular complexity index is 763. The molecule has 2 bridgehead atoms. The lowest BCUT2D eigenvalue weighted by Crippen LogP contribution is -2.49. The second kappa shape index (κ2) is 6.71. The van der Waals surface area contributed by atoms with E-state index >= 15 is 0 Å². The van der Waals surface area contributed by atoms with Crippen LogP contribution in [0.4, 0.5) is 4.39 Å². The van der Waals surface area contributed by atoms with E-state index in [9.17, 15) is 9.50 Å². The van der Waals surface area contributed by atoms with Crippen molar-refractivity contribution in [2.45, 2.75) is 69.7 Å². The topological polar surface area (TPSA) is 49.2 Å². The van der Waals surface area contributed by atoms with Gasteiger partial charge in [-0.1, -0.05) is 26.0 Å².